The fourth-order valence-electron chi connectivity index (χ4n) is 1.70. The maximum Gasteiger partial charge on any atom is 0.0794 e. The molecule has 2 heteroatoms. The van der Waals surface area contributed by atoms with Crippen molar-refractivity contribution in [2.45, 2.75) is 18.9 Å². The van der Waals surface area contributed by atoms with E-state index in [9.17, 15) is 5.11 Å². The van der Waals surface area contributed by atoms with Crippen molar-refractivity contribution in [3.05, 3.63) is 66.0 Å². The summed E-state index contributed by atoms with van der Waals surface area (Å²) >= 11 is 0. The predicted octanol–water partition coefficient (Wildman–Crippen LogP) is 2.75. The summed E-state index contributed by atoms with van der Waals surface area (Å²) in [5.41, 5.74) is 2.20. The Kier molecular flexibility index (Phi) is 3.67. The van der Waals surface area contributed by atoms with Gasteiger partial charge in [-0.25, -0.2) is 0 Å². The molecule has 0 unspecified atom stereocenters. The van der Waals surface area contributed by atoms with Crippen LogP contribution in [0.3, 0.4) is 0 Å². The molecule has 0 radical (unpaired) electrons. The molecular formula is C14H15NO. The molecule has 0 saturated carbocycles. The zero-order valence-electron chi connectivity index (χ0n) is 9.08. The predicted molar refractivity (Wildman–Crippen MR) is 64.0 cm³/mol. The molecule has 0 aliphatic heterocycles. The summed E-state index contributed by atoms with van der Waals surface area (Å²) in [6.07, 6.45) is 4.66. The third-order valence-corrected chi connectivity index (χ3v) is 2.64. The average Bonchev–Trinajstić information content (AvgIpc) is 2.38. The van der Waals surface area contributed by atoms with Gasteiger partial charge in [-0.15, -0.1) is 0 Å². The number of benzene rings is 1. The molecule has 16 heavy (non-hydrogen) atoms. The zero-order valence-corrected chi connectivity index (χ0v) is 9.08. The van der Waals surface area contributed by atoms with Crippen molar-refractivity contribution in [1.29, 1.82) is 0 Å². The summed E-state index contributed by atoms with van der Waals surface area (Å²) in [4.78, 5) is 3.93. The van der Waals surface area contributed by atoms with E-state index in [4.69, 9.17) is 0 Å². The molecule has 2 rings (SSSR count). The lowest BCUT2D eigenvalue weighted by atomic mass is 10.0. The van der Waals surface area contributed by atoms with Crippen LogP contribution in [0.25, 0.3) is 0 Å². The van der Waals surface area contributed by atoms with Crippen LogP contribution in [-0.4, -0.2) is 10.1 Å². The lowest BCUT2D eigenvalue weighted by Gasteiger charge is -2.10. The first-order valence-corrected chi connectivity index (χ1v) is 5.48. The first-order chi connectivity index (χ1) is 7.86. The Hall–Kier alpha value is -1.67. The van der Waals surface area contributed by atoms with Gasteiger partial charge in [-0.3, -0.25) is 4.98 Å². The SMILES string of the molecule is O[C@H](CCc1ccccc1)c1ccncc1. The minimum atomic E-state index is -0.400. The van der Waals surface area contributed by atoms with Gasteiger partial charge in [0.15, 0.2) is 0 Å². The maximum atomic E-state index is 9.95. The van der Waals surface area contributed by atoms with Gasteiger partial charge in [-0.05, 0) is 36.1 Å². The molecule has 0 amide bonds. The Morgan fingerprint density at radius 2 is 1.69 bits per heavy atom. The van der Waals surface area contributed by atoms with Crippen molar-refractivity contribution in [3.8, 4) is 0 Å². The van der Waals surface area contributed by atoms with Crippen LogP contribution >= 0.6 is 0 Å². The van der Waals surface area contributed by atoms with Crippen molar-refractivity contribution in [2.75, 3.05) is 0 Å². The van der Waals surface area contributed by atoms with Crippen molar-refractivity contribution >= 4 is 0 Å². The highest BCUT2D eigenvalue weighted by molar-refractivity contribution is 5.17. The van der Waals surface area contributed by atoms with Crippen molar-refractivity contribution < 1.29 is 5.11 Å². The largest absolute Gasteiger partial charge is 0.388 e. The van der Waals surface area contributed by atoms with E-state index in [0.29, 0.717) is 0 Å². The van der Waals surface area contributed by atoms with Gasteiger partial charge in [0.1, 0.15) is 0 Å². The molecule has 1 heterocycles. The smallest absolute Gasteiger partial charge is 0.0794 e. The van der Waals surface area contributed by atoms with Crippen molar-refractivity contribution in [1.82, 2.24) is 4.98 Å². The van der Waals surface area contributed by atoms with Crippen LogP contribution in [0.2, 0.25) is 0 Å². The number of aliphatic hydroxyl groups is 1. The molecule has 0 aliphatic carbocycles. The second kappa shape index (κ2) is 5.42. The number of pyridine rings is 1. The Bertz CT molecular complexity index is 413. The third-order valence-electron chi connectivity index (χ3n) is 2.64. The Labute approximate surface area is 95.6 Å². The van der Waals surface area contributed by atoms with Gasteiger partial charge in [0, 0.05) is 12.4 Å². The van der Waals surface area contributed by atoms with Crippen LogP contribution in [0.1, 0.15) is 23.7 Å². The van der Waals surface area contributed by atoms with Crippen LogP contribution in [0.4, 0.5) is 0 Å². The molecule has 0 saturated heterocycles. The Morgan fingerprint density at radius 3 is 2.38 bits per heavy atom. The molecule has 1 aromatic carbocycles. The second-order valence-corrected chi connectivity index (χ2v) is 3.82. The van der Waals surface area contributed by atoms with Crippen LogP contribution in [0, 0.1) is 0 Å². The number of aryl methyl sites for hydroxylation is 1. The lowest BCUT2D eigenvalue weighted by Crippen LogP contribution is -1.99. The number of aromatic nitrogens is 1. The molecule has 2 aromatic rings. The van der Waals surface area contributed by atoms with Gasteiger partial charge in [0.2, 0.25) is 0 Å². The number of nitrogens with zero attached hydrogens (tertiary/aromatic N) is 1. The lowest BCUT2D eigenvalue weighted by molar-refractivity contribution is 0.167. The zero-order chi connectivity index (χ0) is 11.2. The highest BCUT2D eigenvalue weighted by atomic mass is 16.3. The topological polar surface area (TPSA) is 33.1 Å². The summed E-state index contributed by atoms with van der Waals surface area (Å²) in [7, 11) is 0. The molecule has 82 valence electrons. The standard InChI is InChI=1S/C14H15NO/c16-14(13-8-10-15-11-9-13)7-6-12-4-2-1-3-5-12/h1-5,8-11,14,16H,6-7H2/t14-/m1/s1. The minimum Gasteiger partial charge on any atom is -0.388 e. The molecule has 0 fully saturated rings. The highest BCUT2D eigenvalue weighted by Gasteiger charge is 2.06. The third kappa shape index (κ3) is 2.91. The van der Waals surface area contributed by atoms with E-state index in [-0.39, 0.29) is 0 Å². The first kappa shape index (κ1) is 10.8. The summed E-state index contributed by atoms with van der Waals surface area (Å²) < 4.78 is 0. The van der Waals surface area contributed by atoms with Gasteiger partial charge < -0.3 is 5.11 Å². The summed E-state index contributed by atoms with van der Waals surface area (Å²) in [6, 6.07) is 13.9. The number of rotatable bonds is 4. The van der Waals surface area contributed by atoms with Crippen molar-refractivity contribution in [2.24, 2.45) is 0 Å². The van der Waals surface area contributed by atoms with Gasteiger partial charge >= 0.3 is 0 Å². The molecular weight excluding hydrogens is 198 g/mol. The van der Waals surface area contributed by atoms with E-state index in [1.54, 1.807) is 12.4 Å². The second-order valence-electron chi connectivity index (χ2n) is 3.82. The molecule has 1 aromatic heterocycles. The Balaban J connectivity index is 1.92. The van der Waals surface area contributed by atoms with E-state index in [0.717, 1.165) is 18.4 Å². The van der Waals surface area contributed by atoms with E-state index < -0.39 is 6.10 Å². The minimum absolute atomic E-state index is 0.400. The van der Waals surface area contributed by atoms with Crippen LogP contribution in [0.5, 0.6) is 0 Å². The van der Waals surface area contributed by atoms with Gasteiger partial charge in [-0.2, -0.15) is 0 Å². The van der Waals surface area contributed by atoms with Gasteiger partial charge in [0.25, 0.3) is 0 Å². The summed E-state index contributed by atoms with van der Waals surface area (Å²) in [6.45, 7) is 0. The average molecular weight is 213 g/mol. The van der Waals surface area contributed by atoms with Gasteiger partial charge in [0.05, 0.1) is 6.10 Å². The van der Waals surface area contributed by atoms with Crippen LogP contribution < -0.4 is 0 Å². The number of hydrogen-bond acceptors (Lipinski definition) is 2. The summed E-state index contributed by atoms with van der Waals surface area (Å²) in [5.74, 6) is 0. The van der Waals surface area contributed by atoms with E-state index in [1.165, 1.54) is 5.56 Å². The molecule has 0 bridgehead atoms. The van der Waals surface area contributed by atoms with Crippen LogP contribution in [-0.2, 0) is 6.42 Å². The van der Waals surface area contributed by atoms with E-state index in [1.807, 2.05) is 30.3 Å². The van der Waals surface area contributed by atoms with E-state index >= 15 is 0 Å². The fraction of sp³-hybridized carbons (Fsp3) is 0.214. The monoisotopic (exact) mass is 213 g/mol. The molecule has 0 spiro atoms. The fourth-order valence-corrected chi connectivity index (χ4v) is 1.70. The first-order valence-electron chi connectivity index (χ1n) is 5.48. The van der Waals surface area contributed by atoms with Gasteiger partial charge in [-0.1, -0.05) is 30.3 Å². The molecule has 0 aliphatic rings. The van der Waals surface area contributed by atoms with Crippen LogP contribution in [0.15, 0.2) is 54.9 Å². The highest BCUT2D eigenvalue weighted by Crippen LogP contribution is 2.17. The van der Waals surface area contributed by atoms with Crippen molar-refractivity contribution in [3.63, 3.8) is 0 Å². The molecule has 1 atom stereocenters. The molecule has 2 nitrogen and oxygen atoms in total. The van der Waals surface area contributed by atoms with E-state index in [2.05, 4.69) is 17.1 Å². The number of hydrogen-bond donors (Lipinski definition) is 1. The molecule has 1 N–H and O–H groups in total. The normalized spacial score (nSPS) is 12.3. The number of aliphatic hydroxyl groups excluding tert-OH is 1. The maximum absolute atomic E-state index is 9.95. The summed E-state index contributed by atoms with van der Waals surface area (Å²) in [5, 5.41) is 9.95. The quantitative estimate of drug-likeness (QED) is 0.847. The Morgan fingerprint density at radius 1 is 1.00 bits per heavy atom.